The number of hydrogen-bond donors (Lipinski definition) is 2. The summed E-state index contributed by atoms with van der Waals surface area (Å²) in [6.45, 7) is 3.83. The Hall–Kier alpha value is -1.26. The van der Waals surface area contributed by atoms with E-state index in [1.165, 1.54) is 0 Å². The Kier molecular flexibility index (Phi) is 4.09. The zero-order chi connectivity index (χ0) is 13.1. The van der Waals surface area contributed by atoms with Gasteiger partial charge in [0.25, 0.3) is 0 Å². The third kappa shape index (κ3) is 2.31. The van der Waals surface area contributed by atoms with Gasteiger partial charge in [-0.25, -0.2) is 0 Å². The number of nitrogens with two attached hydrogens (primary N) is 1. The van der Waals surface area contributed by atoms with Crippen molar-refractivity contribution < 1.29 is 4.79 Å². The van der Waals surface area contributed by atoms with Crippen molar-refractivity contribution in [3.8, 4) is 0 Å². The Morgan fingerprint density at radius 1 is 1.56 bits per heavy atom. The van der Waals surface area contributed by atoms with Crippen molar-refractivity contribution in [3.63, 3.8) is 0 Å². The number of amides is 1. The highest BCUT2D eigenvalue weighted by molar-refractivity contribution is 6.33. The molecule has 18 heavy (non-hydrogen) atoms. The van der Waals surface area contributed by atoms with Crippen molar-refractivity contribution >= 4 is 23.2 Å². The van der Waals surface area contributed by atoms with Gasteiger partial charge < -0.3 is 16.0 Å². The van der Waals surface area contributed by atoms with Crippen LogP contribution in [-0.4, -0.2) is 25.0 Å². The van der Waals surface area contributed by atoms with E-state index in [2.05, 4.69) is 10.2 Å². The number of nitrogens with zero attached hydrogens (tertiary/aromatic N) is 1. The van der Waals surface area contributed by atoms with Crippen molar-refractivity contribution in [1.29, 1.82) is 0 Å². The second kappa shape index (κ2) is 5.59. The van der Waals surface area contributed by atoms with Gasteiger partial charge in [-0.3, -0.25) is 4.79 Å². The minimum Gasteiger partial charge on any atom is -0.356 e. The highest BCUT2D eigenvalue weighted by atomic mass is 35.5. The van der Waals surface area contributed by atoms with E-state index < -0.39 is 0 Å². The predicted octanol–water partition coefficient (Wildman–Crippen LogP) is 1.51. The van der Waals surface area contributed by atoms with Gasteiger partial charge in [-0.1, -0.05) is 30.7 Å². The van der Waals surface area contributed by atoms with Crippen molar-refractivity contribution in [3.05, 3.63) is 28.8 Å². The Morgan fingerprint density at radius 2 is 2.33 bits per heavy atom. The number of para-hydroxylation sites is 1. The number of piperazine rings is 1. The van der Waals surface area contributed by atoms with Gasteiger partial charge in [0.05, 0.1) is 10.7 Å². The van der Waals surface area contributed by atoms with Gasteiger partial charge in [-0.2, -0.15) is 0 Å². The molecule has 1 fully saturated rings. The number of hydrogen-bond acceptors (Lipinski definition) is 3. The monoisotopic (exact) mass is 267 g/mol. The predicted molar refractivity (Wildman–Crippen MR) is 73.8 cm³/mol. The lowest BCUT2D eigenvalue weighted by molar-refractivity contribution is -0.123. The zero-order valence-corrected chi connectivity index (χ0v) is 11.2. The SMILES string of the molecule is CCC1C(=O)NCCN1c1c(Cl)cccc1CN. The lowest BCUT2D eigenvalue weighted by atomic mass is 10.1. The molecule has 1 saturated heterocycles. The average molecular weight is 268 g/mol. The number of carbonyl (C=O) groups is 1. The topological polar surface area (TPSA) is 58.4 Å². The molecular formula is C13H18ClN3O. The molecule has 1 atom stereocenters. The molecule has 1 unspecified atom stereocenters. The van der Waals surface area contributed by atoms with Crippen molar-refractivity contribution in [2.24, 2.45) is 5.73 Å². The first-order valence-electron chi connectivity index (χ1n) is 6.20. The van der Waals surface area contributed by atoms with Crippen molar-refractivity contribution in [2.75, 3.05) is 18.0 Å². The first kappa shape index (κ1) is 13.2. The molecule has 1 aromatic rings. The maximum Gasteiger partial charge on any atom is 0.242 e. The van der Waals surface area contributed by atoms with Crippen LogP contribution in [0.4, 0.5) is 5.69 Å². The molecule has 0 radical (unpaired) electrons. The number of benzene rings is 1. The Balaban J connectivity index is 2.43. The van der Waals surface area contributed by atoms with Crippen LogP contribution in [0.25, 0.3) is 0 Å². The summed E-state index contributed by atoms with van der Waals surface area (Å²) in [5, 5.41) is 3.54. The van der Waals surface area contributed by atoms with Crippen LogP contribution < -0.4 is 16.0 Å². The molecular weight excluding hydrogens is 250 g/mol. The molecule has 3 N–H and O–H groups in total. The summed E-state index contributed by atoms with van der Waals surface area (Å²) >= 11 is 6.28. The molecule has 2 rings (SSSR count). The van der Waals surface area contributed by atoms with Gasteiger partial charge in [0, 0.05) is 19.6 Å². The van der Waals surface area contributed by atoms with Gasteiger partial charge in [-0.15, -0.1) is 0 Å². The number of nitrogens with one attached hydrogen (secondary N) is 1. The summed E-state index contributed by atoms with van der Waals surface area (Å²) in [5.74, 6) is 0.0617. The Bertz CT molecular complexity index is 450. The first-order valence-corrected chi connectivity index (χ1v) is 6.58. The quantitative estimate of drug-likeness (QED) is 0.873. The maximum absolute atomic E-state index is 11.9. The van der Waals surface area contributed by atoms with E-state index in [0.717, 1.165) is 24.2 Å². The second-order valence-electron chi connectivity index (χ2n) is 4.36. The lowest BCUT2D eigenvalue weighted by Gasteiger charge is -2.37. The number of halogens is 1. The van der Waals surface area contributed by atoms with E-state index >= 15 is 0 Å². The van der Waals surface area contributed by atoms with Crippen molar-refractivity contribution in [2.45, 2.75) is 25.9 Å². The largest absolute Gasteiger partial charge is 0.356 e. The van der Waals surface area contributed by atoms with E-state index in [1.54, 1.807) is 0 Å². The summed E-state index contributed by atoms with van der Waals surface area (Å²) in [7, 11) is 0. The fraction of sp³-hybridized carbons (Fsp3) is 0.462. The van der Waals surface area contributed by atoms with Crippen LogP contribution in [0.1, 0.15) is 18.9 Å². The lowest BCUT2D eigenvalue weighted by Crippen LogP contribution is -2.55. The molecule has 0 bridgehead atoms. The molecule has 0 aromatic heterocycles. The third-order valence-corrected chi connectivity index (χ3v) is 3.60. The molecule has 1 amide bonds. The highest BCUT2D eigenvalue weighted by Crippen LogP contribution is 2.32. The fourth-order valence-electron chi connectivity index (χ4n) is 2.43. The van der Waals surface area contributed by atoms with Crippen LogP contribution >= 0.6 is 11.6 Å². The van der Waals surface area contributed by atoms with E-state index in [9.17, 15) is 4.79 Å². The summed E-state index contributed by atoms with van der Waals surface area (Å²) in [6, 6.07) is 5.53. The smallest absolute Gasteiger partial charge is 0.242 e. The van der Waals surface area contributed by atoms with Gasteiger partial charge in [0.15, 0.2) is 0 Å². The van der Waals surface area contributed by atoms with Crippen LogP contribution in [0.5, 0.6) is 0 Å². The van der Waals surface area contributed by atoms with E-state index in [1.807, 2.05) is 25.1 Å². The summed E-state index contributed by atoms with van der Waals surface area (Å²) in [5.41, 5.74) is 7.65. The van der Waals surface area contributed by atoms with Crippen LogP contribution in [-0.2, 0) is 11.3 Å². The van der Waals surface area contributed by atoms with E-state index in [4.69, 9.17) is 17.3 Å². The van der Waals surface area contributed by atoms with Crippen LogP contribution in [0.2, 0.25) is 5.02 Å². The minimum absolute atomic E-state index is 0.0617. The number of rotatable bonds is 3. The van der Waals surface area contributed by atoms with Gasteiger partial charge in [0.2, 0.25) is 5.91 Å². The van der Waals surface area contributed by atoms with Gasteiger partial charge in [0.1, 0.15) is 6.04 Å². The zero-order valence-electron chi connectivity index (χ0n) is 10.4. The summed E-state index contributed by atoms with van der Waals surface area (Å²) in [4.78, 5) is 14.0. The van der Waals surface area contributed by atoms with Crippen LogP contribution in [0.15, 0.2) is 18.2 Å². The molecule has 4 nitrogen and oxygen atoms in total. The minimum atomic E-state index is -0.163. The summed E-state index contributed by atoms with van der Waals surface area (Å²) in [6.07, 6.45) is 0.751. The molecule has 1 heterocycles. The second-order valence-corrected chi connectivity index (χ2v) is 4.77. The first-order chi connectivity index (χ1) is 8.69. The molecule has 5 heteroatoms. The van der Waals surface area contributed by atoms with Gasteiger partial charge >= 0.3 is 0 Å². The standard InChI is InChI=1S/C13H18ClN3O/c1-2-11-13(18)16-6-7-17(11)12-9(8-15)4-3-5-10(12)14/h3-5,11H,2,6-8,15H2,1H3,(H,16,18). The average Bonchev–Trinajstić information content (AvgIpc) is 2.38. The normalized spacial score (nSPS) is 19.8. The molecule has 1 aromatic carbocycles. The molecule has 0 spiro atoms. The van der Waals surface area contributed by atoms with Crippen LogP contribution in [0.3, 0.4) is 0 Å². The number of carbonyl (C=O) groups excluding carboxylic acids is 1. The van der Waals surface area contributed by atoms with E-state index in [0.29, 0.717) is 18.1 Å². The molecule has 0 saturated carbocycles. The highest BCUT2D eigenvalue weighted by Gasteiger charge is 2.30. The third-order valence-electron chi connectivity index (χ3n) is 3.29. The van der Waals surface area contributed by atoms with Crippen molar-refractivity contribution in [1.82, 2.24) is 5.32 Å². The number of anilines is 1. The van der Waals surface area contributed by atoms with E-state index in [-0.39, 0.29) is 11.9 Å². The Labute approximate surface area is 112 Å². The Morgan fingerprint density at radius 3 is 3.00 bits per heavy atom. The molecule has 1 aliphatic heterocycles. The molecule has 1 aliphatic rings. The maximum atomic E-state index is 11.9. The van der Waals surface area contributed by atoms with Crippen LogP contribution in [0, 0.1) is 0 Å². The fourth-order valence-corrected chi connectivity index (χ4v) is 2.74. The summed E-state index contributed by atoms with van der Waals surface area (Å²) < 4.78 is 0. The molecule has 98 valence electrons. The van der Waals surface area contributed by atoms with Gasteiger partial charge in [-0.05, 0) is 18.1 Å². The molecule has 0 aliphatic carbocycles.